The molecule has 0 unspecified atom stereocenters. The first-order chi connectivity index (χ1) is 19.1. The van der Waals surface area contributed by atoms with Gasteiger partial charge in [0.15, 0.2) is 6.29 Å². The van der Waals surface area contributed by atoms with E-state index in [-0.39, 0.29) is 5.28 Å². The van der Waals surface area contributed by atoms with Crippen LogP contribution in [0, 0.1) is 0 Å². The number of halogens is 2. The fourth-order valence-electron chi connectivity index (χ4n) is 4.31. The number of anilines is 2. The lowest BCUT2D eigenvalue weighted by Gasteiger charge is -2.28. The molecule has 0 atom stereocenters. The second-order valence-electron chi connectivity index (χ2n) is 8.78. The van der Waals surface area contributed by atoms with Crippen LogP contribution in [0.4, 0.5) is 11.6 Å². The lowest BCUT2D eigenvalue weighted by atomic mass is 10.3. The summed E-state index contributed by atoms with van der Waals surface area (Å²) in [5, 5.41) is 4.50. The zero-order chi connectivity index (χ0) is 27.0. The molecule has 3 fully saturated rings. The van der Waals surface area contributed by atoms with Gasteiger partial charge in [-0.1, -0.05) is 0 Å². The van der Waals surface area contributed by atoms with Crippen LogP contribution in [-0.4, -0.2) is 92.0 Å². The zero-order valence-electron chi connectivity index (χ0n) is 21.2. The molecular formula is C25H28Cl2N6O4S2. The summed E-state index contributed by atoms with van der Waals surface area (Å²) in [6.45, 7) is 8.10. The zero-order valence-corrected chi connectivity index (χ0v) is 24.3. The lowest BCUT2D eigenvalue weighted by molar-refractivity contribution is 0.112. The van der Waals surface area contributed by atoms with Crippen LogP contribution >= 0.6 is 45.9 Å². The Hall–Kier alpha value is -2.19. The fraction of sp³-hybridized carbons (Fsp3) is 0.480. The predicted octanol–water partition coefficient (Wildman–Crippen LogP) is 4.97. The quantitative estimate of drug-likeness (QED) is 0.233. The molecule has 7 heterocycles. The summed E-state index contributed by atoms with van der Waals surface area (Å²) >= 11 is 14.8. The number of ether oxygens (including phenoxy) is 3. The van der Waals surface area contributed by atoms with Gasteiger partial charge in [0.1, 0.15) is 21.3 Å². The third kappa shape index (κ3) is 7.31. The summed E-state index contributed by atoms with van der Waals surface area (Å²) in [6.07, 6.45) is 3.38. The minimum Gasteiger partial charge on any atom is -0.381 e. The van der Waals surface area contributed by atoms with Gasteiger partial charge in [-0.25, -0.2) is 9.97 Å². The van der Waals surface area contributed by atoms with E-state index in [4.69, 9.17) is 37.4 Å². The van der Waals surface area contributed by atoms with Gasteiger partial charge < -0.3 is 24.0 Å². The van der Waals surface area contributed by atoms with Crippen LogP contribution in [0.5, 0.6) is 0 Å². The van der Waals surface area contributed by atoms with Gasteiger partial charge in [0, 0.05) is 39.4 Å². The molecule has 3 aliphatic rings. The van der Waals surface area contributed by atoms with Crippen molar-refractivity contribution in [1.82, 2.24) is 19.9 Å². The first kappa shape index (κ1) is 28.3. The number of rotatable bonds is 3. The van der Waals surface area contributed by atoms with Crippen molar-refractivity contribution >= 4 is 84.2 Å². The monoisotopic (exact) mass is 610 g/mol. The van der Waals surface area contributed by atoms with Gasteiger partial charge in [-0.05, 0) is 53.6 Å². The molecule has 0 saturated carbocycles. The number of carbonyl (C=O) groups is 1. The molecule has 0 radical (unpaired) electrons. The number of thiophene rings is 2. The molecule has 10 nitrogen and oxygen atoms in total. The Bertz CT molecular complexity index is 1380. The highest BCUT2D eigenvalue weighted by atomic mass is 35.5. The number of carbonyl (C=O) groups excluding carboxylic acids is 1. The van der Waals surface area contributed by atoms with Crippen LogP contribution in [-0.2, 0) is 14.2 Å². The maximum Gasteiger partial charge on any atom is 0.225 e. The van der Waals surface area contributed by atoms with E-state index in [0.29, 0.717) is 23.4 Å². The number of morpholine rings is 2. The van der Waals surface area contributed by atoms with Crippen LogP contribution in [0.1, 0.15) is 22.5 Å². The Labute approximate surface area is 243 Å². The van der Waals surface area contributed by atoms with E-state index < -0.39 is 0 Å². The van der Waals surface area contributed by atoms with Gasteiger partial charge in [0.05, 0.1) is 42.1 Å². The van der Waals surface area contributed by atoms with Crippen molar-refractivity contribution in [3.8, 4) is 0 Å². The molecule has 0 amide bonds. The van der Waals surface area contributed by atoms with Gasteiger partial charge in [-0.15, -0.1) is 22.7 Å². The van der Waals surface area contributed by atoms with Crippen LogP contribution in [0.25, 0.3) is 20.4 Å². The number of aromatic nitrogens is 4. The highest BCUT2D eigenvalue weighted by molar-refractivity contribution is 7.20. The number of nitrogens with zero attached hydrogens (tertiary/aromatic N) is 6. The normalized spacial score (nSPS) is 17.5. The van der Waals surface area contributed by atoms with Crippen LogP contribution in [0.15, 0.2) is 17.5 Å². The number of aldehydes is 1. The molecule has 0 aromatic carbocycles. The summed E-state index contributed by atoms with van der Waals surface area (Å²) < 4.78 is 15.6. The highest BCUT2D eigenvalue weighted by Crippen LogP contribution is 2.32. The van der Waals surface area contributed by atoms with E-state index in [1.807, 2.05) is 17.5 Å². The number of fused-ring (bicyclic) bond motifs is 2. The minimum atomic E-state index is 0.211. The Kier molecular flexibility index (Phi) is 10.1. The third-order valence-electron chi connectivity index (χ3n) is 6.21. The first-order valence-corrected chi connectivity index (χ1v) is 15.1. The Balaban J connectivity index is 0.000000135. The maximum absolute atomic E-state index is 10.8. The third-order valence-corrected chi connectivity index (χ3v) is 8.31. The van der Waals surface area contributed by atoms with Gasteiger partial charge in [0.25, 0.3) is 0 Å². The highest BCUT2D eigenvalue weighted by Gasteiger charge is 2.19. The van der Waals surface area contributed by atoms with Gasteiger partial charge >= 0.3 is 0 Å². The molecule has 3 saturated heterocycles. The van der Waals surface area contributed by atoms with Gasteiger partial charge in [-0.2, -0.15) is 9.97 Å². The smallest absolute Gasteiger partial charge is 0.225 e. The van der Waals surface area contributed by atoms with E-state index in [1.54, 1.807) is 11.3 Å². The molecule has 0 N–H and O–H groups in total. The van der Waals surface area contributed by atoms with E-state index in [9.17, 15) is 4.79 Å². The summed E-state index contributed by atoms with van der Waals surface area (Å²) in [5.41, 5.74) is 0. The second-order valence-corrected chi connectivity index (χ2v) is 11.4. The molecule has 4 aromatic rings. The van der Waals surface area contributed by atoms with Crippen molar-refractivity contribution in [3.05, 3.63) is 33.0 Å². The predicted molar refractivity (Wildman–Crippen MR) is 156 cm³/mol. The minimum absolute atomic E-state index is 0.211. The van der Waals surface area contributed by atoms with Crippen molar-refractivity contribution in [2.24, 2.45) is 0 Å². The summed E-state index contributed by atoms with van der Waals surface area (Å²) in [4.78, 5) is 34.5. The molecule has 4 aromatic heterocycles. The summed E-state index contributed by atoms with van der Waals surface area (Å²) in [7, 11) is 0. The SMILES string of the molecule is C1CCOC1.Clc1nc(N2CCOCC2)c2ccsc2n1.O=Cc1cc2c(N3CCOCC3)nc(Cl)nc2s1. The van der Waals surface area contributed by atoms with Crippen LogP contribution in [0.2, 0.25) is 10.6 Å². The fourth-order valence-corrected chi connectivity index (χ4v) is 6.34. The topological polar surface area (TPSA) is 103 Å². The van der Waals surface area contributed by atoms with E-state index >= 15 is 0 Å². The first-order valence-electron chi connectivity index (χ1n) is 12.7. The van der Waals surface area contributed by atoms with E-state index in [1.165, 1.54) is 24.2 Å². The molecule has 0 aliphatic carbocycles. The Morgan fingerprint density at radius 3 is 1.82 bits per heavy atom. The average molecular weight is 612 g/mol. The molecule has 14 heteroatoms. The Morgan fingerprint density at radius 2 is 1.28 bits per heavy atom. The van der Waals surface area contributed by atoms with Crippen LogP contribution in [0.3, 0.4) is 0 Å². The van der Waals surface area contributed by atoms with Gasteiger partial charge in [0.2, 0.25) is 10.6 Å². The van der Waals surface area contributed by atoms with Crippen molar-refractivity contribution in [2.75, 3.05) is 75.6 Å². The van der Waals surface area contributed by atoms with E-state index in [2.05, 4.69) is 29.7 Å². The molecular weight excluding hydrogens is 583 g/mol. The molecule has 7 rings (SSSR count). The summed E-state index contributed by atoms with van der Waals surface area (Å²) in [5.74, 6) is 1.72. The standard InChI is InChI=1S/C11H10ClN3O2S.C10H10ClN3OS.C4H8O/c12-11-13-9(15-1-3-17-4-2-15)8-5-7(6-16)18-10(8)14-11;11-10-12-8(14-2-4-15-5-3-14)7-1-6-16-9(7)13-10;1-2-4-5-3-1/h5-6H,1-4H2;1,6H,2-5H2;1-4H2. The van der Waals surface area contributed by atoms with Crippen molar-refractivity contribution in [2.45, 2.75) is 12.8 Å². The second kappa shape index (κ2) is 13.9. The number of hydrogen-bond acceptors (Lipinski definition) is 12. The molecule has 0 bridgehead atoms. The van der Waals surface area contributed by atoms with Crippen LogP contribution < -0.4 is 9.80 Å². The summed E-state index contributed by atoms with van der Waals surface area (Å²) in [6, 6.07) is 3.86. The van der Waals surface area contributed by atoms with E-state index in [0.717, 1.165) is 91.0 Å². The largest absolute Gasteiger partial charge is 0.381 e. The Morgan fingerprint density at radius 1 is 0.744 bits per heavy atom. The molecule has 3 aliphatic heterocycles. The van der Waals surface area contributed by atoms with Crippen molar-refractivity contribution in [3.63, 3.8) is 0 Å². The van der Waals surface area contributed by atoms with Crippen molar-refractivity contribution in [1.29, 1.82) is 0 Å². The van der Waals surface area contributed by atoms with Crippen molar-refractivity contribution < 1.29 is 19.0 Å². The van der Waals surface area contributed by atoms with Gasteiger partial charge in [-0.3, -0.25) is 4.79 Å². The maximum atomic E-state index is 10.8. The average Bonchev–Trinajstić information content (AvgIpc) is 3.76. The molecule has 39 heavy (non-hydrogen) atoms. The molecule has 208 valence electrons. The number of hydrogen-bond donors (Lipinski definition) is 0. The molecule has 0 spiro atoms. The lowest BCUT2D eigenvalue weighted by Crippen LogP contribution is -2.36.